The number of fused-ring (bicyclic) bond motifs is 2. The number of pyridine rings is 1. The molecule has 2 aromatic carbocycles. The summed E-state index contributed by atoms with van der Waals surface area (Å²) in [5, 5.41) is 1.02. The van der Waals surface area contributed by atoms with Gasteiger partial charge in [-0.1, -0.05) is 18.2 Å². The van der Waals surface area contributed by atoms with Gasteiger partial charge in [0.15, 0.2) is 0 Å². The van der Waals surface area contributed by atoms with Crippen LogP contribution in [-0.4, -0.2) is 17.6 Å². The van der Waals surface area contributed by atoms with E-state index in [1.165, 1.54) is 12.1 Å². The lowest BCUT2D eigenvalue weighted by Gasteiger charge is -2.11. The van der Waals surface area contributed by atoms with Gasteiger partial charge in [-0.05, 0) is 24.3 Å². The number of hydrogen-bond acceptors (Lipinski definition) is 3. The fraction of sp³-hybridized carbons (Fsp3) is 0.167. The number of hydrogen-bond donors (Lipinski definition) is 1. The quantitative estimate of drug-likeness (QED) is 0.789. The fourth-order valence-corrected chi connectivity index (χ4v) is 2.96. The van der Waals surface area contributed by atoms with Crippen LogP contribution in [0.2, 0.25) is 0 Å². The molecule has 3 aromatic rings. The van der Waals surface area contributed by atoms with Gasteiger partial charge in [-0.3, -0.25) is 4.98 Å². The van der Waals surface area contributed by atoms with E-state index in [1.807, 2.05) is 30.3 Å². The Kier molecular flexibility index (Phi) is 3.05. The highest BCUT2D eigenvalue weighted by molar-refractivity contribution is 5.85. The van der Waals surface area contributed by atoms with Crippen LogP contribution in [0.25, 0.3) is 22.0 Å². The molecule has 1 aliphatic heterocycles. The fourth-order valence-electron chi connectivity index (χ4n) is 2.96. The summed E-state index contributed by atoms with van der Waals surface area (Å²) in [6.07, 6.45) is 2.33. The maximum Gasteiger partial charge on any atom is 0.131 e. The summed E-state index contributed by atoms with van der Waals surface area (Å²) in [6, 6.07) is 12.9. The van der Waals surface area contributed by atoms with Crippen molar-refractivity contribution in [3.63, 3.8) is 0 Å². The number of para-hydroxylation sites is 1. The lowest BCUT2D eigenvalue weighted by molar-refractivity contribution is 0.242. The molecular weight excluding hydrogens is 279 g/mol. The molecule has 2 heterocycles. The van der Waals surface area contributed by atoms with Crippen LogP contribution >= 0.6 is 0 Å². The molecular formula is C18H15FN2O. The van der Waals surface area contributed by atoms with Crippen LogP contribution in [0.15, 0.2) is 48.7 Å². The largest absolute Gasteiger partial charge is 0.488 e. The van der Waals surface area contributed by atoms with Crippen molar-refractivity contribution in [3.8, 4) is 16.9 Å². The van der Waals surface area contributed by atoms with Gasteiger partial charge < -0.3 is 10.5 Å². The number of benzene rings is 2. The van der Waals surface area contributed by atoms with Gasteiger partial charge in [-0.2, -0.15) is 0 Å². The summed E-state index contributed by atoms with van der Waals surface area (Å²) in [7, 11) is 0. The van der Waals surface area contributed by atoms with Crippen LogP contribution in [-0.2, 0) is 6.42 Å². The number of halogens is 1. The van der Waals surface area contributed by atoms with Crippen molar-refractivity contribution in [1.82, 2.24) is 4.98 Å². The Morgan fingerprint density at radius 1 is 1.23 bits per heavy atom. The van der Waals surface area contributed by atoms with Crippen molar-refractivity contribution in [2.24, 2.45) is 5.73 Å². The summed E-state index contributed by atoms with van der Waals surface area (Å²) in [5.41, 5.74) is 9.07. The topological polar surface area (TPSA) is 48.1 Å². The number of aromatic nitrogens is 1. The SMILES string of the molecule is NC[C@@H]1Cc2cc(F)cc(-c3cnc4ccccc4c3)c2O1. The van der Waals surface area contributed by atoms with E-state index < -0.39 is 0 Å². The zero-order chi connectivity index (χ0) is 15.1. The number of nitrogens with zero attached hydrogens (tertiary/aromatic N) is 1. The van der Waals surface area contributed by atoms with E-state index in [-0.39, 0.29) is 11.9 Å². The molecule has 0 saturated heterocycles. The maximum atomic E-state index is 13.9. The van der Waals surface area contributed by atoms with E-state index in [0.29, 0.717) is 13.0 Å². The van der Waals surface area contributed by atoms with Gasteiger partial charge in [-0.25, -0.2) is 4.39 Å². The third kappa shape index (κ3) is 2.12. The molecule has 22 heavy (non-hydrogen) atoms. The average Bonchev–Trinajstić information content (AvgIpc) is 2.96. The van der Waals surface area contributed by atoms with Gasteiger partial charge in [0.2, 0.25) is 0 Å². The first-order valence-corrected chi connectivity index (χ1v) is 7.29. The van der Waals surface area contributed by atoms with E-state index in [1.54, 1.807) is 6.20 Å². The highest BCUT2D eigenvalue weighted by Crippen LogP contribution is 2.39. The molecule has 3 nitrogen and oxygen atoms in total. The minimum absolute atomic E-state index is 0.0797. The second-order valence-electron chi connectivity index (χ2n) is 5.54. The second kappa shape index (κ2) is 5.07. The molecule has 0 saturated carbocycles. The Morgan fingerprint density at radius 3 is 2.95 bits per heavy atom. The van der Waals surface area contributed by atoms with Gasteiger partial charge >= 0.3 is 0 Å². The van der Waals surface area contributed by atoms with Crippen LogP contribution in [0.5, 0.6) is 5.75 Å². The lowest BCUT2D eigenvalue weighted by atomic mass is 10.0. The van der Waals surface area contributed by atoms with Crippen LogP contribution in [0, 0.1) is 5.82 Å². The molecule has 0 bridgehead atoms. The predicted octanol–water partition coefficient (Wildman–Crippen LogP) is 3.30. The Balaban J connectivity index is 1.88. The van der Waals surface area contributed by atoms with Crippen LogP contribution in [0.3, 0.4) is 0 Å². The zero-order valence-corrected chi connectivity index (χ0v) is 11.9. The number of rotatable bonds is 2. The molecule has 0 spiro atoms. The molecule has 110 valence electrons. The normalized spacial score (nSPS) is 16.5. The minimum atomic E-state index is -0.261. The van der Waals surface area contributed by atoms with E-state index in [2.05, 4.69) is 4.98 Å². The third-order valence-corrected chi connectivity index (χ3v) is 4.03. The molecule has 0 unspecified atom stereocenters. The van der Waals surface area contributed by atoms with Crippen molar-refractivity contribution in [3.05, 3.63) is 60.0 Å². The summed E-state index contributed by atoms with van der Waals surface area (Å²) >= 11 is 0. The Hall–Kier alpha value is -2.46. The molecule has 1 aromatic heterocycles. The van der Waals surface area contributed by atoms with Gasteiger partial charge in [0.25, 0.3) is 0 Å². The molecule has 0 radical (unpaired) electrons. The molecule has 2 N–H and O–H groups in total. The van der Waals surface area contributed by atoms with Crippen LogP contribution in [0.1, 0.15) is 5.56 Å². The lowest BCUT2D eigenvalue weighted by Crippen LogP contribution is -2.24. The van der Waals surface area contributed by atoms with Crippen molar-refractivity contribution < 1.29 is 9.13 Å². The monoisotopic (exact) mass is 294 g/mol. The van der Waals surface area contributed by atoms with Crippen molar-refractivity contribution in [2.75, 3.05) is 6.54 Å². The minimum Gasteiger partial charge on any atom is -0.488 e. The summed E-state index contributed by atoms with van der Waals surface area (Å²) in [6.45, 7) is 0.422. The summed E-state index contributed by atoms with van der Waals surface area (Å²) in [5.74, 6) is 0.470. The van der Waals surface area contributed by atoms with Crippen molar-refractivity contribution in [1.29, 1.82) is 0 Å². The average molecular weight is 294 g/mol. The first-order chi connectivity index (χ1) is 10.7. The summed E-state index contributed by atoms with van der Waals surface area (Å²) < 4.78 is 19.8. The van der Waals surface area contributed by atoms with Gasteiger partial charge in [0.05, 0.1) is 5.52 Å². The Labute approximate surface area is 127 Å². The number of ether oxygens (including phenoxy) is 1. The molecule has 4 heteroatoms. The second-order valence-corrected chi connectivity index (χ2v) is 5.54. The van der Waals surface area contributed by atoms with Crippen molar-refractivity contribution in [2.45, 2.75) is 12.5 Å². The van der Waals surface area contributed by atoms with E-state index in [9.17, 15) is 4.39 Å². The first-order valence-electron chi connectivity index (χ1n) is 7.29. The Bertz CT molecular complexity index is 863. The van der Waals surface area contributed by atoms with Gasteiger partial charge in [0, 0.05) is 41.2 Å². The predicted molar refractivity (Wildman–Crippen MR) is 84.3 cm³/mol. The molecule has 0 amide bonds. The number of nitrogens with two attached hydrogens (primary N) is 1. The highest BCUT2D eigenvalue weighted by atomic mass is 19.1. The first kappa shape index (κ1) is 13.2. The highest BCUT2D eigenvalue weighted by Gasteiger charge is 2.26. The Morgan fingerprint density at radius 2 is 2.09 bits per heavy atom. The summed E-state index contributed by atoms with van der Waals surface area (Å²) in [4.78, 5) is 4.45. The third-order valence-electron chi connectivity index (χ3n) is 4.03. The molecule has 1 aliphatic rings. The molecule has 4 rings (SSSR count). The van der Waals surface area contributed by atoms with Crippen molar-refractivity contribution >= 4 is 10.9 Å². The maximum absolute atomic E-state index is 13.9. The van der Waals surface area contributed by atoms with Gasteiger partial charge in [0.1, 0.15) is 17.7 Å². The van der Waals surface area contributed by atoms with E-state index in [0.717, 1.165) is 33.3 Å². The standard InChI is InChI=1S/C18H15FN2O/c19-14-6-12-7-15(9-20)22-18(12)16(8-14)13-5-11-3-1-2-4-17(11)21-10-13/h1-6,8,10,15H,7,9,20H2/t15-/m0/s1. The smallest absolute Gasteiger partial charge is 0.131 e. The molecule has 1 atom stereocenters. The molecule has 0 fully saturated rings. The van der Waals surface area contributed by atoms with E-state index >= 15 is 0 Å². The van der Waals surface area contributed by atoms with E-state index in [4.69, 9.17) is 10.5 Å². The zero-order valence-electron chi connectivity index (χ0n) is 11.9. The molecule has 0 aliphatic carbocycles. The van der Waals surface area contributed by atoms with Crippen LogP contribution < -0.4 is 10.5 Å². The van der Waals surface area contributed by atoms with Crippen LogP contribution in [0.4, 0.5) is 4.39 Å². The van der Waals surface area contributed by atoms with Gasteiger partial charge in [-0.15, -0.1) is 0 Å².